The topological polar surface area (TPSA) is 88.2 Å². The van der Waals surface area contributed by atoms with Crippen LogP contribution in [0.5, 0.6) is 11.5 Å². The molecule has 2 fully saturated rings. The quantitative estimate of drug-likeness (QED) is 0.705. The number of carbonyl (C=O) groups excluding carboxylic acids is 1. The summed E-state index contributed by atoms with van der Waals surface area (Å²) in [6, 6.07) is 9.52. The SMILES string of the molecule is COc1cc(OC)c(NS(=O)(=O)c2cccc(C(=O)N3C[C@@H]4C[C@H]3CN4C)c2)cc1Cl. The van der Waals surface area contributed by atoms with E-state index in [0.717, 1.165) is 13.0 Å². The molecule has 2 aromatic rings. The lowest BCUT2D eigenvalue weighted by atomic mass is 10.2. The average molecular weight is 466 g/mol. The summed E-state index contributed by atoms with van der Waals surface area (Å²) < 4.78 is 39.0. The third-order valence-corrected chi connectivity index (χ3v) is 7.54. The number of hydrogen-bond donors (Lipinski definition) is 1. The molecule has 4 rings (SSSR count). The van der Waals surface area contributed by atoms with Gasteiger partial charge in [0.2, 0.25) is 0 Å². The number of benzene rings is 2. The molecule has 0 spiro atoms. The molecule has 0 radical (unpaired) electrons. The maximum atomic E-state index is 13.0. The number of amides is 1. The number of rotatable bonds is 6. The molecule has 2 aromatic carbocycles. The number of sulfonamides is 1. The van der Waals surface area contributed by atoms with Crippen molar-refractivity contribution in [1.82, 2.24) is 9.80 Å². The first-order valence-electron chi connectivity index (χ1n) is 9.79. The minimum absolute atomic E-state index is 0.0196. The second kappa shape index (κ2) is 8.22. The van der Waals surface area contributed by atoms with Gasteiger partial charge in [0.25, 0.3) is 15.9 Å². The normalized spacial score (nSPS) is 20.7. The van der Waals surface area contributed by atoms with Crippen molar-refractivity contribution in [2.24, 2.45) is 0 Å². The van der Waals surface area contributed by atoms with Crippen molar-refractivity contribution in [3.8, 4) is 11.5 Å². The number of fused-ring (bicyclic) bond motifs is 2. The van der Waals surface area contributed by atoms with Gasteiger partial charge in [-0.3, -0.25) is 14.4 Å². The number of methoxy groups -OCH3 is 2. The van der Waals surface area contributed by atoms with Crippen LogP contribution in [-0.4, -0.2) is 70.6 Å². The van der Waals surface area contributed by atoms with Gasteiger partial charge in [0.05, 0.1) is 29.8 Å². The van der Waals surface area contributed by atoms with Gasteiger partial charge in [-0.25, -0.2) is 8.42 Å². The van der Waals surface area contributed by atoms with E-state index in [2.05, 4.69) is 16.7 Å². The van der Waals surface area contributed by atoms with Crippen LogP contribution in [0.2, 0.25) is 5.02 Å². The molecule has 0 saturated carbocycles. The summed E-state index contributed by atoms with van der Waals surface area (Å²) >= 11 is 6.15. The van der Waals surface area contributed by atoms with Gasteiger partial charge in [0.1, 0.15) is 11.5 Å². The van der Waals surface area contributed by atoms with Crippen molar-refractivity contribution >= 4 is 33.2 Å². The smallest absolute Gasteiger partial charge is 0.262 e. The molecule has 8 nitrogen and oxygen atoms in total. The Hall–Kier alpha value is -2.49. The number of ether oxygens (including phenoxy) is 2. The Morgan fingerprint density at radius 2 is 1.84 bits per heavy atom. The molecule has 1 N–H and O–H groups in total. The predicted octanol–water partition coefficient (Wildman–Crippen LogP) is 2.69. The van der Waals surface area contributed by atoms with Crippen LogP contribution in [0.15, 0.2) is 41.3 Å². The first-order valence-corrected chi connectivity index (χ1v) is 11.6. The number of carbonyl (C=O) groups is 1. The molecule has 10 heteroatoms. The number of likely N-dealkylation sites (N-methyl/N-ethyl adjacent to an activating group) is 1. The summed E-state index contributed by atoms with van der Waals surface area (Å²) in [6.07, 6.45) is 0.958. The Bertz CT molecular complexity index is 1120. The summed E-state index contributed by atoms with van der Waals surface area (Å²) in [6.45, 7) is 1.50. The average Bonchev–Trinajstić information content (AvgIpc) is 3.33. The second-order valence-electron chi connectivity index (χ2n) is 7.76. The maximum absolute atomic E-state index is 13.0. The van der Waals surface area contributed by atoms with E-state index < -0.39 is 10.0 Å². The summed E-state index contributed by atoms with van der Waals surface area (Å²) in [5.74, 6) is 0.469. The fourth-order valence-electron chi connectivity index (χ4n) is 4.22. The van der Waals surface area contributed by atoms with E-state index in [1.54, 1.807) is 12.1 Å². The number of piperazine rings is 1. The highest BCUT2D eigenvalue weighted by Crippen LogP contribution is 2.37. The fourth-order valence-corrected chi connectivity index (χ4v) is 5.57. The molecule has 1 amide bonds. The molecular weight excluding hydrogens is 442 g/mol. The van der Waals surface area contributed by atoms with Crippen molar-refractivity contribution in [1.29, 1.82) is 0 Å². The molecule has 166 valence electrons. The number of nitrogens with one attached hydrogen (secondary N) is 1. The van der Waals surface area contributed by atoms with Gasteiger partial charge < -0.3 is 14.4 Å². The number of halogens is 1. The number of anilines is 1. The monoisotopic (exact) mass is 465 g/mol. The minimum Gasteiger partial charge on any atom is -0.495 e. The zero-order valence-corrected chi connectivity index (χ0v) is 19.0. The van der Waals surface area contributed by atoms with E-state index in [1.165, 1.54) is 38.5 Å². The molecule has 0 aromatic heterocycles. The second-order valence-corrected chi connectivity index (χ2v) is 9.85. The van der Waals surface area contributed by atoms with Crippen molar-refractivity contribution in [3.05, 3.63) is 47.0 Å². The van der Waals surface area contributed by atoms with E-state index in [0.29, 0.717) is 23.9 Å². The Labute approximate surface area is 186 Å². The highest BCUT2D eigenvalue weighted by Gasteiger charge is 2.43. The van der Waals surface area contributed by atoms with Crippen LogP contribution in [0, 0.1) is 0 Å². The summed E-state index contributed by atoms with van der Waals surface area (Å²) in [5, 5.41) is 0.235. The van der Waals surface area contributed by atoms with E-state index in [4.69, 9.17) is 21.1 Å². The van der Waals surface area contributed by atoms with Crippen molar-refractivity contribution in [2.75, 3.05) is 39.1 Å². The van der Waals surface area contributed by atoms with Gasteiger partial charge in [-0.15, -0.1) is 0 Å². The molecule has 2 bridgehead atoms. The summed E-state index contributed by atoms with van der Waals surface area (Å²) in [4.78, 5) is 17.1. The third kappa shape index (κ3) is 4.05. The van der Waals surface area contributed by atoms with Crippen LogP contribution in [0.3, 0.4) is 0 Å². The number of hydrogen-bond acceptors (Lipinski definition) is 6. The highest BCUT2D eigenvalue weighted by molar-refractivity contribution is 7.92. The van der Waals surface area contributed by atoms with E-state index >= 15 is 0 Å². The van der Waals surface area contributed by atoms with Crippen LogP contribution in [0.4, 0.5) is 5.69 Å². The zero-order chi connectivity index (χ0) is 22.3. The fraction of sp³-hybridized carbons (Fsp3) is 0.381. The third-order valence-electron chi connectivity index (χ3n) is 5.88. The molecule has 2 atom stereocenters. The molecule has 2 saturated heterocycles. The van der Waals surface area contributed by atoms with Gasteiger partial charge in [0, 0.05) is 36.8 Å². The molecular formula is C21H24ClN3O5S. The van der Waals surface area contributed by atoms with Gasteiger partial charge in [0.15, 0.2) is 0 Å². The molecule has 2 heterocycles. The van der Waals surface area contributed by atoms with Crippen molar-refractivity contribution < 1.29 is 22.7 Å². The molecule has 31 heavy (non-hydrogen) atoms. The predicted molar refractivity (Wildman–Crippen MR) is 118 cm³/mol. The molecule has 0 unspecified atom stereocenters. The van der Waals surface area contributed by atoms with Crippen molar-refractivity contribution in [2.45, 2.75) is 23.4 Å². The van der Waals surface area contributed by atoms with E-state index in [9.17, 15) is 13.2 Å². The van der Waals surface area contributed by atoms with Crippen LogP contribution in [0.25, 0.3) is 0 Å². The van der Waals surface area contributed by atoms with Crippen molar-refractivity contribution in [3.63, 3.8) is 0 Å². The lowest BCUT2D eigenvalue weighted by Crippen LogP contribution is -2.47. The van der Waals surface area contributed by atoms with E-state index in [-0.39, 0.29) is 33.3 Å². The standard InChI is InChI=1S/C21H24ClN3O5S/c1-24-11-15-8-14(24)12-25(15)21(26)13-5-4-6-16(7-13)31(27,28)23-18-9-17(22)19(29-2)10-20(18)30-3/h4-7,9-10,14-15,23H,8,11-12H2,1-3H3/t14-,15-/m0/s1. The van der Waals surface area contributed by atoms with Gasteiger partial charge in [-0.1, -0.05) is 17.7 Å². The Kier molecular flexibility index (Phi) is 5.76. The minimum atomic E-state index is -3.99. The van der Waals surface area contributed by atoms with Gasteiger partial charge in [-0.2, -0.15) is 0 Å². The van der Waals surface area contributed by atoms with Gasteiger partial charge >= 0.3 is 0 Å². The first-order chi connectivity index (χ1) is 14.7. The van der Waals surface area contributed by atoms with Crippen LogP contribution < -0.4 is 14.2 Å². The Morgan fingerprint density at radius 3 is 2.45 bits per heavy atom. The Balaban J connectivity index is 1.59. The van der Waals surface area contributed by atoms with Crippen LogP contribution in [-0.2, 0) is 10.0 Å². The van der Waals surface area contributed by atoms with Gasteiger partial charge in [-0.05, 0) is 37.7 Å². The molecule has 0 aliphatic carbocycles. The number of nitrogens with zero attached hydrogens (tertiary/aromatic N) is 2. The largest absolute Gasteiger partial charge is 0.495 e. The summed E-state index contributed by atoms with van der Waals surface area (Å²) in [5.41, 5.74) is 0.516. The lowest BCUT2D eigenvalue weighted by molar-refractivity contribution is 0.0650. The maximum Gasteiger partial charge on any atom is 0.262 e. The van der Waals surface area contributed by atoms with Crippen LogP contribution in [0.1, 0.15) is 16.8 Å². The molecule has 2 aliphatic rings. The Morgan fingerprint density at radius 1 is 1.10 bits per heavy atom. The first kappa shape index (κ1) is 21.7. The highest BCUT2D eigenvalue weighted by atomic mass is 35.5. The van der Waals surface area contributed by atoms with Crippen LogP contribution >= 0.6 is 11.6 Å². The zero-order valence-electron chi connectivity index (χ0n) is 17.5. The summed E-state index contributed by atoms with van der Waals surface area (Å²) in [7, 11) is 0.944. The number of likely N-dealkylation sites (tertiary alicyclic amines) is 2. The molecule has 2 aliphatic heterocycles. The lowest BCUT2D eigenvalue weighted by Gasteiger charge is -2.32. The van der Waals surface area contributed by atoms with E-state index in [1.807, 2.05) is 4.90 Å².